The van der Waals surface area contributed by atoms with Crippen molar-refractivity contribution in [3.63, 3.8) is 0 Å². The third-order valence-electron chi connectivity index (χ3n) is 1.98. The van der Waals surface area contributed by atoms with Gasteiger partial charge in [0.15, 0.2) is 0 Å². The number of anilines is 1. The topological polar surface area (TPSA) is 81.1 Å². The van der Waals surface area contributed by atoms with Crippen molar-refractivity contribution in [1.29, 1.82) is 0 Å². The Morgan fingerprint density at radius 3 is 2.81 bits per heavy atom. The summed E-state index contributed by atoms with van der Waals surface area (Å²) in [5.74, 6) is 4.67. The first-order valence-electron chi connectivity index (χ1n) is 4.72. The second kappa shape index (κ2) is 5.72. The Hall–Kier alpha value is -1.27. The summed E-state index contributed by atoms with van der Waals surface area (Å²) in [4.78, 5) is 11.8. The van der Waals surface area contributed by atoms with Gasteiger partial charge in [-0.25, -0.2) is 10.2 Å². The summed E-state index contributed by atoms with van der Waals surface area (Å²) in [6.07, 6.45) is 0. The van der Waals surface area contributed by atoms with E-state index >= 15 is 0 Å². The third kappa shape index (κ3) is 3.71. The second-order valence-electron chi connectivity index (χ2n) is 3.44. The van der Waals surface area contributed by atoms with Crippen molar-refractivity contribution in [2.45, 2.75) is 11.8 Å². The summed E-state index contributed by atoms with van der Waals surface area (Å²) in [5.41, 5.74) is 7.95. The molecule has 1 aromatic carbocycles. The van der Waals surface area contributed by atoms with Gasteiger partial charge >= 0.3 is 0 Å². The molecule has 1 amide bonds. The maximum Gasteiger partial charge on any atom is 0.237 e. The molecule has 0 saturated carbocycles. The molecule has 0 bridgehead atoms. The van der Waals surface area contributed by atoms with Gasteiger partial charge in [-0.3, -0.25) is 10.2 Å². The van der Waals surface area contributed by atoms with Crippen LogP contribution in [0.3, 0.4) is 0 Å². The molecule has 1 atom stereocenters. The van der Waals surface area contributed by atoms with Gasteiger partial charge in [-0.2, -0.15) is 0 Å². The number of halogens is 1. The van der Waals surface area contributed by atoms with Crippen LogP contribution in [-0.2, 0) is 4.79 Å². The number of thioether (sulfide) groups is 1. The van der Waals surface area contributed by atoms with E-state index in [9.17, 15) is 9.18 Å². The van der Waals surface area contributed by atoms with Crippen LogP contribution in [0.2, 0.25) is 0 Å². The molecule has 5 N–H and O–H groups in total. The van der Waals surface area contributed by atoms with E-state index in [0.717, 1.165) is 0 Å². The van der Waals surface area contributed by atoms with E-state index in [2.05, 4.69) is 5.43 Å². The number of nitrogens with one attached hydrogen (secondary N) is 1. The molecule has 0 aliphatic carbocycles. The normalized spacial score (nSPS) is 12.2. The van der Waals surface area contributed by atoms with Gasteiger partial charge in [0.1, 0.15) is 5.82 Å². The molecular weight excluding hydrogens is 229 g/mol. The van der Waals surface area contributed by atoms with E-state index in [1.807, 2.05) is 0 Å². The van der Waals surface area contributed by atoms with Crippen molar-refractivity contribution in [2.24, 2.45) is 11.8 Å². The lowest BCUT2D eigenvalue weighted by Crippen LogP contribution is -2.35. The second-order valence-corrected chi connectivity index (χ2v) is 4.53. The molecule has 6 heteroatoms. The Morgan fingerprint density at radius 1 is 1.56 bits per heavy atom. The van der Waals surface area contributed by atoms with Crippen LogP contribution in [0.15, 0.2) is 23.1 Å². The van der Waals surface area contributed by atoms with Crippen LogP contribution in [0, 0.1) is 11.7 Å². The lowest BCUT2D eigenvalue weighted by molar-refractivity contribution is -0.123. The van der Waals surface area contributed by atoms with Crippen molar-refractivity contribution in [1.82, 2.24) is 5.43 Å². The van der Waals surface area contributed by atoms with Gasteiger partial charge in [-0.1, -0.05) is 6.92 Å². The minimum atomic E-state index is -0.376. The van der Waals surface area contributed by atoms with Gasteiger partial charge in [-0.05, 0) is 18.2 Å². The highest BCUT2D eigenvalue weighted by Crippen LogP contribution is 2.24. The Morgan fingerprint density at radius 2 is 2.25 bits per heavy atom. The van der Waals surface area contributed by atoms with E-state index in [4.69, 9.17) is 11.6 Å². The minimum absolute atomic E-state index is 0.237. The maximum absolute atomic E-state index is 13.0. The highest BCUT2D eigenvalue weighted by molar-refractivity contribution is 7.99. The highest BCUT2D eigenvalue weighted by atomic mass is 32.2. The fourth-order valence-corrected chi connectivity index (χ4v) is 2.12. The summed E-state index contributed by atoms with van der Waals surface area (Å²) in [5, 5.41) is 0. The number of carbonyl (C=O) groups is 1. The molecule has 1 rings (SSSR count). The molecule has 0 radical (unpaired) electrons. The van der Waals surface area contributed by atoms with Gasteiger partial charge in [0, 0.05) is 22.3 Å². The number of nitrogen functional groups attached to an aromatic ring is 1. The number of hydrogen-bond donors (Lipinski definition) is 3. The van der Waals surface area contributed by atoms with Crippen molar-refractivity contribution in [3.05, 3.63) is 24.0 Å². The maximum atomic E-state index is 13.0. The van der Waals surface area contributed by atoms with Crippen LogP contribution in [0.1, 0.15) is 6.92 Å². The van der Waals surface area contributed by atoms with Gasteiger partial charge in [0.2, 0.25) is 5.91 Å². The SMILES string of the molecule is CC(CSc1cc(N)cc(F)c1)C(=O)NN. The van der Waals surface area contributed by atoms with Gasteiger partial charge in [-0.15, -0.1) is 11.8 Å². The van der Waals surface area contributed by atoms with Gasteiger partial charge in [0.05, 0.1) is 0 Å². The average Bonchev–Trinajstić information content (AvgIpc) is 2.23. The van der Waals surface area contributed by atoms with Crippen LogP contribution < -0.4 is 17.0 Å². The molecule has 0 fully saturated rings. The molecule has 0 spiro atoms. The number of carbonyl (C=O) groups excluding carboxylic acids is 1. The first-order chi connectivity index (χ1) is 7.52. The van der Waals surface area contributed by atoms with Gasteiger partial charge in [0.25, 0.3) is 0 Å². The highest BCUT2D eigenvalue weighted by Gasteiger charge is 2.11. The number of benzene rings is 1. The van der Waals surface area contributed by atoms with E-state index in [0.29, 0.717) is 16.3 Å². The van der Waals surface area contributed by atoms with Crippen molar-refractivity contribution < 1.29 is 9.18 Å². The van der Waals surface area contributed by atoms with Gasteiger partial charge < -0.3 is 5.73 Å². The molecule has 0 aliphatic heterocycles. The minimum Gasteiger partial charge on any atom is -0.399 e. The lowest BCUT2D eigenvalue weighted by Gasteiger charge is -2.09. The number of rotatable bonds is 4. The summed E-state index contributed by atoms with van der Waals surface area (Å²) < 4.78 is 13.0. The number of nitrogens with two attached hydrogens (primary N) is 2. The lowest BCUT2D eigenvalue weighted by atomic mass is 10.2. The molecule has 88 valence electrons. The van der Waals surface area contributed by atoms with E-state index in [-0.39, 0.29) is 17.6 Å². The largest absolute Gasteiger partial charge is 0.399 e. The van der Waals surface area contributed by atoms with Crippen molar-refractivity contribution in [3.8, 4) is 0 Å². The Kier molecular flexibility index (Phi) is 4.57. The summed E-state index contributed by atoms with van der Waals surface area (Å²) in [6.45, 7) is 1.75. The van der Waals surface area contributed by atoms with Crippen LogP contribution >= 0.6 is 11.8 Å². The third-order valence-corrected chi connectivity index (χ3v) is 3.22. The average molecular weight is 243 g/mol. The Labute approximate surface area is 97.5 Å². The van der Waals surface area contributed by atoms with E-state index in [1.165, 1.54) is 23.9 Å². The first kappa shape index (κ1) is 12.8. The monoisotopic (exact) mass is 243 g/mol. The summed E-state index contributed by atoms with van der Waals surface area (Å²) >= 11 is 1.36. The quantitative estimate of drug-likeness (QED) is 0.243. The van der Waals surface area contributed by atoms with E-state index < -0.39 is 0 Å². The molecule has 0 saturated heterocycles. The molecule has 0 heterocycles. The van der Waals surface area contributed by atoms with E-state index in [1.54, 1.807) is 13.0 Å². The fourth-order valence-electron chi connectivity index (χ4n) is 1.11. The molecule has 16 heavy (non-hydrogen) atoms. The standard InChI is InChI=1S/C10H14FN3OS/c1-6(10(15)14-13)5-16-9-3-7(11)2-8(12)4-9/h2-4,6H,5,12-13H2,1H3,(H,14,15). The Bertz CT molecular complexity index is 366. The first-order valence-corrected chi connectivity index (χ1v) is 5.71. The molecule has 1 unspecified atom stereocenters. The van der Waals surface area contributed by atoms with Crippen molar-refractivity contribution >= 4 is 23.4 Å². The summed E-state index contributed by atoms with van der Waals surface area (Å²) in [6, 6.07) is 4.30. The van der Waals surface area contributed by atoms with Crippen LogP contribution in [0.5, 0.6) is 0 Å². The number of hydrogen-bond acceptors (Lipinski definition) is 4. The molecule has 1 aromatic rings. The molecule has 0 aliphatic rings. The number of hydrazine groups is 1. The predicted octanol–water partition coefficient (Wildman–Crippen LogP) is 1.13. The zero-order valence-corrected chi connectivity index (χ0v) is 9.68. The smallest absolute Gasteiger partial charge is 0.237 e. The zero-order chi connectivity index (χ0) is 12.1. The molecule has 4 nitrogen and oxygen atoms in total. The fraction of sp³-hybridized carbons (Fsp3) is 0.300. The molecular formula is C10H14FN3OS. The van der Waals surface area contributed by atoms with Crippen LogP contribution in [0.4, 0.5) is 10.1 Å². The van der Waals surface area contributed by atoms with Crippen LogP contribution in [0.25, 0.3) is 0 Å². The Balaban J connectivity index is 2.57. The number of amides is 1. The predicted molar refractivity (Wildman–Crippen MR) is 63.0 cm³/mol. The van der Waals surface area contributed by atoms with Crippen molar-refractivity contribution in [2.75, 3.05) is 11.5 Å². The summed E-state index contributed by atoms with van der Waals surface area (Å²) in [7, 11) is 0. The van der Waals surface area contributed by atoms with Crippen LogP contribution in [-0.4, -0.2) is 11.7 Å². The molecule has 0 aromatic heterocycles. The zero-order valence-electron chi connectivity index (χ0n) is 8.87.